The number of methoxy groups -OCH3 is 1. The molecule has 2 aromatic rings. The number of piperidine rings is 1. The average Bonchev–Trinajstić information content (AvgIpc) is 2.78. The lowest BCUT2D eigenvalue weighted by atomic mass is 10.0. The molecule has 1 fully saturated rings. The molecule has 1 amide bonds. The van der Waals surface area contributed by atoms with Crippen molar-refractivity contribution in [3.05, 3.63) is 59.7 Å². The summed E-state index contributed by atoms with van der Waals surface area (Å²) >= 11 is 0. The van der Waals surface area contributed by atoms with Crippen molar-refractivity contribution in [2.45, 2.75) is 30.3 Å². The molecule has 0 saturated carbocycles. The standard InChI is InChI=1S/C22H23F3N2O5S/c1-32-21(29)16-5-3-11-27(14-16)33(30,31)19-9-7-18(8-10-19)26-20(28)13-15-4-2-6-17(12-15)22(23,24)25/h2,4,6-10,12,16H,3,5,11,13-14H2,1H3,(H,26,28). The molecule has 1 atom stereocenters. The van der Waals surface area contributed by atoms with Gasteiger partial charge in [0.2, 0.25) is 15.9 Å². The van der Waals surface area contributed by atoms with E-state index in [2.05, 4.69) is 5.32 Å². The number of rotatable bonds is 6. The van der Waals surface area contributed by atoms with Crippen LogP contribution < -0.4 is 5.32 Å². The Labute approximate surface area is 189 Å². The Balaban J connectivity index is 1.65. The third-order valence-electron chi connectivity index (χ3n) is 5.31. The predicted octanol–water partition coefficient (Wildman–Crippen LogP) is 3.46. The van der Waals surface area contributed by atoms with Crippen LogP contribution in [0.15, 0.2) is 53.4 Å². The van der Waals surface area contributed by atoms with Crippen molar-refractivity contribution in [3.63, 3.8) is 0 Å². The molecule has 7 nitrogen and oxygen atoms in total. The summed E-state index contributed by atoms with van der Waals surface area (Å²) in [7, 11) is -2.58. The van der Waals surface area contributed by atoms with Crippen molar-refractivity contribution >= 4 is 27.6 Å². The van der Waals surface area contributed by atoms with E-state index in [0.717, 1.165) is 12.1 Å². The topological polar surface area (TPSA) is 92.8 Å². The van der Waals surface area contributed by atoms with Crippen LogP contribution in [0.3, 0.4) is 0 Å². The van der Waals surface area contributed by atoms with Gasteiger partial charge in [-0.3, -0.25) is 9.59 Å². The van der Waals surface area contributed by atoms with Crippen molar-refractivity contribution < 1.29 is 35.9 Å². The molecule has 2 aromatic carbocycles. The van der Waals surface area contributed by atoms with Crippen LogP contribution in [0.25, 0.3) is 0 Å². The minimum absolute atomic E-state index is 0.00360. The molecular formula is C22H23F3N2O5S. The van der Waals surface area contributed by atoms with Crippen LogP contribution in [-0.2, 0) is 36.9 Å². The van der Waals surface area contributed by atoms with Gasteiger partial charge in [0.15, 0.2) is 0 Å². The molecule has 1 heterocycles. The number of halogens is 3. The fourth-order valence-electron chi connectivity index (χ4n) is 3.63. The van der Waals surface area contributed by atoms with Gasteiger partial charge in [0.1, 0.15) is 0 Å². The maximum Gasteiger partial charge on any atom is 0.416 e. The molecule has 3 rings (SSSR count). The fraction of sp³-hybridized carbons (Fsp3) is 0.364. The lowest BCUT2D eigenvalue weighted by Gasteiger charge is -2.30. The van der Waals surface area contributed by atoms with E-state index in [9.17, 15) is 31.2 Å². The fourth-order valence-corrected chi connectivity index (χ4v) is 5.15. The van der Waals surface area contributed by atoms with Gasteiger partial charge >= 0.3 is 12.1 Å². The molecule has 1 aliphatic rings. The van der Waals surface area contributed by atoms with Gasteiger partial charge in [0.25, 0.3) is 0 Å². The van der Waals surface area contributed by atoms with Crippen LogP contribution in [-0.4, -0.2) is 44.8 Å². The summed E-state index contributed by atoms with van der Waals surface area (Å²) in [5, 5.41) is 2.55. The van der Waals surface area contributed by atoms with E-state index in [1.807, 2.05) is 0 Å². The Morgan fingerprint density at radius 3 is 2.48 bits per heavy atom. The van der Waals surface area contributed by atoms with E-state index < -0.39 is 39.6 Å². The quantitative estimate of drug-likeness (QED) is 0.634. The van der Waals surface area contributed by atoms with Crippen molar-refractivity contribution in [2.24, 2.45) is 5.92 Å². The largest absolute Gasteiger partial charge is 0.469 e. The third-order valence-corrected chi connectivity index (χ3v) is 7.19. The second kappa shape index (κ2) is 9.92. The van der Waals surface area contributed by atoms with Gasteiger partial charge in [0.05, 0.1) is 29.9 Å². The lowest BCUT2D eigenvalue weighted by molar-refractivity contribution is -0.146. The lowest BCUT2D eigenvalue weighted by Crippen LogP contribution is -2.42. The Bertz CT molecular complexity index is 1120. The first-order valence-corrected chi connectivity index (χ1v) is 11.6. The first kappa shape index (κ1) is 24.7. The number of hydrogen-bond acceptors (Lipinski definition) is 5. The Kier molecular flexibility index (Phi) is 7.43. The Morgan fingerprint density at radius 2 is 1.85 bits per heavy atom. The summed E-state index contributed by atoms with van der Waals surface area (Å²) in [6.45, 7) is 0.315. The molecule has 178 valence electrons. The van der Waals surface area contributed by atoms with Crippen LogP contribution >= 0.6 is 0 Å². The van der Waals surface area contributed by atoms with Gasteiger partial charge in [-0.1, -0.05) is 18.2 Å². The summed E-state index contributed by atoms with van der Waals surface area (Å²) in [6.07, 6.45) is -3.69. The minimum atomic E-state index is -4.50. The molecule has 0 aromatic heterocycles. The van der Waals surface area contributed by atoms with Crippen molar-refractivity contribution in [3.8, 4) is 0 Å². The number of esters is 1. The summed E-state index contributed by atoms with van der Waals surface area (Å²) in [5.41, 5.74) is -0.335. The van der Waals surface area contributed by atoms with Gasteiger partial charge in [0, 0.05) is 18.8 Å². The van der Waals surface area contributed by atoms with Gasteiger partial charge in [-0.25, -0.2) is 8.42 Å². The summed E-state index contributed by atoms with van der Waals surface area (Å²) in [5.74, 6) is -1.51. The van der Waals surface area contributed by atoms with Crippen LogP contribution in [0, 0.1) is 5.92 Å². The van der Waals surface area contributed by atoms with Crippen molar-refractivity contribution in [1.29, 1.82) is 0 Å². The highest BCUT2D eigenvalue weighted by Crippen LogP contribution is 2.30. The predicted molar refractivity (Wildman–Crippen MR) is 114 cm³/mol. The zero-order chi connectivity index (χ0) is 24.2. The second-order valence-electron chi connectivity index (χ2n) is 7.67. The number of alkyl halides is 3. The van der Waals surface area contributed by atoms with Gasteiger partial charge in [-0.15, -0.1) is 0 Å². The van der Waals surface area contributed by atoms with E-state index >= 15 is 0 Å². The van der Waals surface area contributed by atoms with E-state index in [4.69, 9.17) is 4.74 Å². The summed E-state index contributed by atoms with van der Waals surface area (Å²) in [6, 6.07) is 9.96. The number of nitrogens with one attached hydrogen (secondary N) is 1. The molecule has 0 radical (unpaired) electrons. The second-order valence-corrected chi connectivity index (χ2v) is 9.61. The Morgan fingerprint density at radius 1 is 1.15 bits per heavy atom. The molecule has 1 saturated heterocycles. The van der Waals surface area contributed by atoms with Crippen molar-refractivity contribution in [2.75, 3.05) is 25.5 Å². The molecule has 0 bridgehead atoms. The van der Waals surface area contributed by atoms with Crippen LogP contribution in [0.5, 0.6) is 0 Å². The SMILES string of the molecule is COC(=O)C1CCCN(S(=O)(=O)c2ccc(NC(=O)Cc3cccc(C(F)(F)F)c3)cc2)C1. The number of carbonyl (C=O) groups is 2. The zero-order valence-electron chi connectivity index (χ0n) is 17.8. The number of hydrogen-bond donors (Lipinski definition) is 1. The van der Waals surface area contributed by atoms with E-state index in [1.54, 1.807) is 0 Å². The average molecular weight is 484 g/mol. The summed E-state index contributed by atoms with van der Waals surface area (Å²) in [4.78, 5) is 24.0. The normalized spacial score (nSPS) is 17.4. The van der Waals surface area contributed by atoms with Crippen LogP contribution in [0.1, 0.15) is 24.0 Å². The van der Waals surface area contributed by atoms with E-state index in [-0.39, 0.29) is 30.0 Å². The molecule has 33 heavy (non-hydrogen) atoms. The molecule has 1 aliphatic heterocycles. The molecule has 1 N–H and O–H groups in total. The molecule has 11 heteroatoms. The van der Waals surface area contributed by atoms with Crippen LogP contribution in [0.2, 0.25) is 0 Å². The minimum Gasteiger partial charge on any atom is -0.469 e. The zero-order valence-corrected chi connectivity index (χ0v) is 18.6. The monoisotopic (exact) mass is 484 g/mol. The number of anilines is 1. The molecule has 0 spiro atoms. The van der Waals surface area contributed by atoms with Gasteiger partial charge in [-0.05, 0) is 48.7 Å². The Hall–Kier alpha value is -2.92. The number of amides is 1. The van der Waals surface area contributed by atoms with Crippen LogP contribution in [0.4, 0.5) is 18.9 Å². The maximum atomic E-state index is 12.9. The smallest absolute Gasteiger partial charge is 0.416 e. The van der Waals surface area contributed by atoms with Gasteiger partial charge in [-0.2, -0.15) is 17.5 Å². The molecular weight excluding hydrogens is 461 g/mol. The number of carbonyl (C=O) groups excluding carboxylic acids is 2. The molecule has 0 aliphatic carbocycles. The van der Waals surface area contributed by atoms with Gasteiger partial charge < -0.3 is 10.1 Å². The number of benzene rings is 2. The van der Waals surface area contributed by atoms with E-state index in [1.165, 1.54) is 47.8 Å². The maximum absolute atomic E-state index is 12.9. The number of nitrogens with zero attached hydrogens (tertiary/aromatic N) is 1. The third kappa shape index (κ3) is 6.11. The first-order chi connectivity index (χ1) is 15.5. The highest BCUT2D eigenvalue weighted by molar-refractivity contribution is 7.89. The highest BCUT2D eigenvalue weighted by Gasteiger charge is 2.34. The molecule has 1 unspecified atom stereocenters. The highest BCUT2D eigenvalue weighted by atomic mass is 32.2. The van der Waals surface area contributed by atoms with E-state index in [0.29, 0.717) is 18.5 Å². The first-order valence-electron chi connectivity index (χ1n) is 10.1. The van der Waals surface area contributed by atoms with Crippen molar-refractivity contribution in [1.82, 2.24) is 4.31 Å². The summed E-state index contributed by atoms with van der Waals surface area (Å²) < 4.78 is 70.3. The number of ether oxygens (including phenoxy) is 1. The number of sulfonamides is 1.